The molecule has 2 aliphatic rings. The number of carbonyl (C=O) groups excluding carboxylic acids is 1. The Hall–Kier alpha value is -2.74. The summed E-state index contributed by atoms with van der Waals surface area (Å²) in [5.74, 6) is 0.416. The summed E-state index contributed by atoms with van der Waals surface area (Å²) < 4.78 is 18.8. The molecule has 0 unspecified atom stereocenters. The predicted octanol–water partition coefficient (Wildman–Crippen LogP) is 2.62. The maximum Gasteiger partial charge on any atom is 0.227 e. The van der Waals surface area contributed by atoms with Crippen LogP contribution in [0.25, 0.3) is 0 Å². The molecular formula is C21H26FN5O2. The minimum absolute atomic E-state index is 0.00502. The van der Waals surface area contributed by atoms with Crippen molar-refractivity contribution in [3.63, 3.8) is 0 Å². The van der Waals surface area contributed by atoms with Gasteiger partial charge in [-0.15, -0.1) is 0 Å². The van der Waals surface area contributed by atoms with Crippen LogP contribution in [0.1, 0.15) is 18.4 Å². The highest BCUT2D eigenvalue weighted by atomic mass is 19.1. The van der Waals surface area contributed by atoms with E-state index in [9.17, 15) is 9.18 Å². The zero-order valence-electron chi connectivity index (χ0n) is 16.6. The second-order valence-electron chi connectivity index (χ2n) is 7.56. The third kappa shape index (κ3) is 4.64. The van der Waals surface area contributed by atoms with Gasteiger partial charge in [-0.1, -0.05) is 0 Å². The van der Waals surface area contributed by atoms with Crippen LogP contribution in [0.5, 0.6) is 0 Å². The molecular weight excluding hydrogens is 373 g/mol. The summed E-state index contributed by atoms with van der Waals surface area (Å²) in [6.45, 7) is 6.29. The first-order valence-electron chi connectivity index (χ1n) is 10.1. The molecule has 29 heavy (non-hydrogen) atoms. The van der Waals surface area contributed by atoms with E-state index >= 15 is 0 Å². The topological polar surface area (TPSA) is 70.6 Å². The Kier molecular flexibility index (Phi) is 5.89. The summed E-state index contributed by atoms with van der Waals surface area (Å²) in [6, 6.07) is 4.65. The molecule has 0 saturated carbocycles. The number of piperidine rings is 1. The molecule has 154 valence electrons. The number of halogens is 1. The van der Waals surface area contributed by atoms with Gasteiger partial charge >= 0.3 is 0 Å². The number of ether oxygens (including phenoxy) is 1. The van der Waals surface area contributed by atoms with E-state index in [-0.39, 0.29) is 17.6 Å². The van der Waals surface area contributed by atoms with Crippen molar-refractivity contribution in [2.75, 3.05) is 54.5 Å². The summed E-state index contributed by atoms with van der Waals surface area (Å²) >= 11 is 0. The Bertz CT molecular complexity index is 847. The fourth-order valence-electron chi connectivity index (χ4n) is 3.77. The highest BCUT2D eigenvalue weighted by Gasteiger charge is 2.26. The van der Waals surface area contributed by atoms with Crippen molar-refractivity contribution >= 4 is 23.2 Å². The molecule has 1 aromatic carbocycles. The number of nitrogens with zero attached hydrogens (tertiary/aromatic N) is 4. The van der Waals surface area contributed by atoms with Gasteiger partial charge < -0.3 is 19.9 Å². The predicted molar refractivity (Wildman–Crippen MR) is 110 cm³/mol. The number of rotatable bonds is 4. The van der Waals surface area contributed by atoms with Crippen molar-refractivity contribution in [3.05, 3.63) is 42.0 Å². The van der Waals surface area contributed by atoms with Gasteiger partial charge in [0.15, 0.2) is 0 Å². The molecule has 2 aliphatic heterocycles. The van der Waals surface area contributed by atoms with Crippen molar-refractivity contribution in [2.24, 2.45) is 5.92 Å². The quantitative estimate of drug-likeness (QED) is 0.852. The fourth-order valence-corrected chi connectivity index (χ4v) is 3.77. The van der Waals surface area contributed by atoms with Crippen LogP contribution in [0.15, 0.2) is 30.6 Å². The number of carbonyl (C=O) groups is 1. The zero-order valence-corrected chi connectivity index (χ0v) is 16.6. The molecule has 4 rings (SSSR count). The maximum atomic E-state index is 13.4. The first-order valence-corrected chi connectivity index (χ1v) is 10.1. The third-order valence-electron chi connectivity index (χ3n) is 5.57. The number of hydrogen-bond donors (Lipinski definition) is 1. The van der Waals surface area contributed by atoms with Gasteiger partial charge in [-0.25, -0.2) is 14.4 Å². The average molecular weight is 399 g/mol. The van der Waals surface area contributed by atoms with Gasteiger partial charge in [-0.05, 0) is 43.5 Å². The number of morpholine rings is 1. The van der Waals surface area contributed by atoms with Gasteiger partial charge in [0.2, 0.25) is 11.9 Å². The van der Waals surface area contributed by atoms with E-state index in [1.807, 2.05) is 12.4 Å². The number of aromatic nitrogens is 2. The van der Waals surface area contributed by atoms with Crippen molar-refractivity contribution in [2.45, 2.75) is 19.8 Å². The Morgan fingerprint density at radius 3 is 2.45 bits per heavy atom. The van der Waals surface area contributed by atoms with Crippen LogP contribution in [0.2, 0.25) is 0 Å². The zero-order chi connectivity index (χ0) is 20.2. The number of hydrogen-bond acceptors (Lipinski definition) is 6. The van der Waals surface area contributed by atoms with E-state index in [1.54, 1.807) is 19.1 Å². The minimum atomic E-state index is -0.266. The number of benzene rings is 1. The highest BCUT2D eigenvalue weighted by molar-refractivity contribution is 5.92. The standard InChI is InChI=1S/C21H26FN5O2/c1-15-12-17(2-3-19(15)22)25-20(28)16-4-6-26(7-5-16)18-13-23-21(24-14-18)27-8-10-29-11-9-27/h2-3,12-14,16H,4-11H2,1H3,(H,25,28). The van der Waals surface area contributed by atoms with Crippen molar-refractivity contribution < 1.29 is 13.9 Å². The molecule has 0 radical (unpaired) electrons. The lowest BCUT2D eigenvalue weighted by Gasteiger charge is -2.33. The van der Waals surface area contributed by atoms with Gasteiger partial charge in [0.05, 0.1) is 31.3 Å². The van der Waals surface area contributed by atoms with Crippen LogP contribution in [0, 0.1) is 18.7 Å². The molecule has 0 aliphatic carbocycles. The Labute approximate surface area is 169 Å². The lowest BCUT2D eigenvalue weighted by molar-refractivity contribution is -0.120. The van der Waals surface area contributed by atoms with Gasteiger partial charge in [0.25, 0.3) is 0 Å². The SMILES string of the molecule is Cc1cc(NC(=O)C2CCN(c3cnc(N4CCOCC4)nc3)CC2)ccc1F. The van der Waals surface area contributed by atoms with Crippen molar-refractivity contribution in [3.8, 4) is 0 Å². The first-order chi connectivity index (χ1) is 14.1. The van der Waals surface area contributed by atoms with E-state index in [1.165, 1.54) is 6.07 Å². The van der Waals surface area contributed by atoms with Crippen LogP contribution >= 0.6 is 0 Å². The minimum Gasteiger partial charge on any atom is -0.378 e. The van der Waals surface area contributed by atoms with Crippen molar-refractivity contribution in [1.82, 2.24) is 9.97 Å². The number of amides is 1. The Balaban J connectivity index is 1.30. The molecule has 8 heteroatoms. The number of anilines is 3. The van der Waals surface area contributed by atoms with Crippen molar-refractivity contribution in [1.29, 1.82) is 0 Å². The second kappa shape index (κ2) is 8.73. The van der Waals surface area contributed by atoms with E-state index in [2.05, 4.69) is 25.1 Å². The summed E-state index contributed by atoms with van der Waals surface area (Å²) in [5, 5.41) is 2.91. The second-order valence-corrected chi connectivity index (χ2v) is 7.56. The summed E-state index contributed by atoms with van der Waals surface area (Å²) in [5.41, 5.74) is 2.15. The molecule has 0 atom stereocenters. The number of aryl methyl sites for hydroxylation is 1. The molecule has 7 nitrogen and oxygen atoms in total. The van der Waals surface area contributed by atoms with E-state index in [0.29, 0.717) is 24.5 Å². The lowest BCUT2D eigenvalue weighted by atomic mass is 9.95. The molecule has 0 spiro atoms. The van der Waals surface area contributed by atoms with Gasteiger partial charge in [0.1, 0.15) is 5.82 Å². The Morgan fingerprint density at radius 1 is 1.10 bits per heavy atom. The highest BCUT2D eigenvalue weighted by Crippen LogP contribution is 2.25. The monoisotopic (exact) mass is 399 g/mol. The van der Waals surface area contributed by atoms with Crippen LogP contribution < -0.4 is 15.1 Å². The normalized spacial score (nSPS) is 18.0. The summed E-state index contributed by atoms with van der Waals surface area (Å²) in [6.07, 6.45) is 5.24. The first kappa shape index (κ1) is 19.6. The van der Waals surface area contributed by atoms with Gasteiger partial charge in [0, 0.05) is 37.8 Å². The van der Waals surface area contributed by atoms with Crippen LogP contribution in [0.3, 0.4) is 0 Å². The van der Waals surface area contributed by atoms with Crippen LogP contribution in [-0.4, -0.2) is 55.3 Å². The molecule has 1 aromatic heterocycles. The molecule has 1 amide bonds. The summed E-state index contributed by atoms with van der Waals surface area (Å²) in [4.78, 5) is 25.9. The van der Waals surface area contributed by atoms with E-state index in [0.717, 1.165) is 50.7 Å². The lowest BCUT2D eigenvalue weighted by Crippen LogP contribution is -2.39. The summed E-state index contributed by atoms with van der Waals surface area (Å²) in [7, 11) is 0. The smallest absolute Gasteiger partial charge is 0.227 e. The number of nitrogens with one attached hydrogen (secondary N) is 1. The van der Waals surface area contributed by atoms with Crippen LogP contribution in [-0.2, 0) is 9.53 Å². The van der Waals surface area contributed by atoms with E-state index in [4.69, 9.17) is 4.74 Å². The molecule has 2 saturated heterocycles. The third-order valence-corrected chi connectivity index (χ3v) is 5.57. The molecule has 3 heterocycles. The van der Waals surface area contributed by atoms with Gasteiger partial charge in [-0.3, -0.25) is 4.79 Å². The van der Waals surface area contributed by atoms with Gasteiger partial charge in [-0.2, -0.15) is 0 Å². The van der Waals surface area contributed by atoms with E-state index < -0.39 is 0 Å². The largest absolute Gasteiger partial charge is 0.378 e. The van der Waals surface area contributed by atoms with Crippen LogP contribution in [0.4, 0.5) is 21.7 Å². The average Bonchev–Trinajstić information content (AvgIpc) is 2.77. The molecule has 2 fully saturated rings. The molecule has 2 aromatic rings. The molecule has 1 N–H and O–H groups in total. The fraction of sp³-hybridized carbons (Fsp3) is 0.476. The molecule has 0 bridgehead atoms. The Morgan fingerprint density at radius 2 is 1.79 bits per heavy atom. The maximum absolute atomic E-state index is 13.4.